The first-order chi connectivity index (χ1) is 23.8. The number of hydrogen-bond acceptors (Lipinski definition) is 8. The van der Waals surface area contributed by atoms with Crippen LogP contribution in [0.2, 0.25) is 51.4 Å². The van der Waals surface area contributed by atoms with Gasteiger partial charge in [-0.25, -0.2) is 14.5 Å². The lowest BCUT2D eigenvalue weighted by molar-refractivity contribution is 0.0516. The Morgan fingerprint density at radius 1 is 0.941 bits per heavy atom. The maximum Gasteiger partial charge on any atom is 0.407 e. The van der Waals surface area contributed by atoms with E-state index in [1.807, 2.05) is 39.2 Å². The van der Waals surface area contributed by atoms with Gasteiger partial charge in [0.15, 0.2) is 0 Å². The van der Waals surface area contributed by atoms with Gasteiger partial charge in [-0.2, -0.15) is 5.10 Å². The number of alkyl carbamates (subject to hydrolysis) is 1. The maximum absolute atomic E-state index is 13.9. The Morgan fingerprint density at radius 2 is 1.59 bits per heavy atom. The van der Waals surface area contributed by atoms with E-state index in [0.29, 0.717) is 36.1 Å². The van der Waals surface area contributed by atoms with Crippen molar-refractivity contribution in [2.75, 3.05) is 43.1 Å². The van der Waals surface area contributed by atoms with Crippen molar-refractivity contribution in [3.8, 4) is 11.1 Å². The second kappa shape index (κ2) is 17.7. The number of carbonyl (C=O) groups excluding carboxylic acids is 2. The number of ether oxygens (including phenoxy) is 3. The van der Waals surface area contributed by atoms with Crippen LogP contribution in [0, 0.1) is 5.92 Å². The summed E-state index contributed by atoms with van der Waals surface area (Å²) in [7, 11) is -2.42. The van der Waals surface area contributed by atoms with Gasteiger partial charge in [-0.3, -0.25) is 4.79 Å². The number of halogens is 1. The Kier molecular flexibility index (Phi) is 14.1. The smallest absolute Gasteiger partial charge is 0.407 e. The number of rotatable bonds is 16. The van der Waals surface area contributed by atoms with Crippen LogP contribution < -0.4 is 15.5 Å². The number of amides is 2. The minimum Gasteiger partial charge on any atom is -0.444 e. The quantitative estimate of drug-likeness (QED) is 0.110. The highest BCUT2D eigenvalue weighted by Crippen LogP contribution is 2.34. The van der Waals surface area contributed by atoms with Crippen LogP contribution in [0.15, 0.2) is 41.4 Å². The van der Waals surface area contributed by atoms with Crippen LogP contribution in [-0.2, 0) is 27.7 Å². The predicted octanol–water partition coefficient (Wildman–Crippen LogP) is 8.13. The standard InChI is InChI=1S/C36H58BrN7O5Si2/c1-36(2,3)49-35(46)38-21-27-12-14-42(15-13-27)31-11-10-28(29-22-39-44(23-29)26-48-17-19-51(7,8)9)20-30(31)40-34(45)33-41-32(37)24-43(33)25-47-16-18-50(4,5)6/h10-11,20,22-24,27H,12-19,21,25-26H2,1-9H3,(H,38,46)(H,40,45). The molecule has 15 heteroatoms. The third kappa shape index (κ3) is 13.8. The number of nitrogens with zero attached hydrogens (tertiary/aromatic N) is 5. The molecule has 1 fully saturated rings. The zero-order valence-electron chi connectivity index (χ0n) is 32.0. The van der Waals surface area contributed by atoms with Gasteiger partial charge >= 0.3 is 6.09 Å². The molecule has 1 saturated heterocycles. The maximum atomic E-state index is 13.9. The van der Waals surface area contributed by atoms with E-state index >= 15 is 0 Å². The topological polar surface area (TPSA) is 125 Å². The SMILES string of the molecule is CC(C)(C)OC(=O)NCC1CCN(c2ccc(-c3cnn(COCC[Si](C)(C)C)c3)cc2NC(=O)c2nc(Br)cn2COCC[Si](C)(C)C)CC1. The Balaban J connectivity index is 1.50. The first kappa shape index (κ1) is 40.8. The van der Waals surface area contributed by atoms with Gasteiger partial charge in [-0.15, -0.1) is 0 Å². The van der Waals surface area contributed by atoms with E-state index in [1.54, 1.807) is 15.4 Å². The summed E-state index contributed by atoms with van der Waals surface area (Å²) in [6, 6.07) is 8.27. The lowest BCUT2D eigenvalue weighted by atomic mass is 9.96. The van der Waals surface area contributed by atoms with E-state index in [9.17, 15) is 9.59 Å². The normalized spacial score (nSPS) is 14.5. The average Bonchev–Trinajstić information content (AvgIpc) is 3.65. The number of imidazole rings is 1. The minimum atomic E-state index is -1.25. The Hall–Kier alpha value is -2.99. The van der Waals surface area contributed by atoms with Crippen LogP contribution in [0.1, 0.15) is 44.2 Å². The molecule has 0 aliphatic carbocycles. The molecule has 1 aliphatic heterocycles. The Bertz CT molecular complexity index is 1600. The van der Waals surface area contributed by atoms with Crippen LogP contribution in [0.3, 0.4) is 0 Å². The zero-order valence-corrected chi connectivity index (χ0v) is 35.6. The molecule has 0 atom stereocenters. The van der Waals surface area contributed by atoms with Crippen molar-refractivity contribution in [1.82, 2.24) is 24.6 Å². The van der Waals surface area contributed by atoms with Crippen LogP contribution in [0.5, 0.6) is 0 Å². The number of aromatic nitrogens is 4. The number of carbonyl (C=O) groups is 2. The van der Waals surface area contributed by atoms with E-state index in [1.165, 1.54) is 0 Å². The lowest BCUT2D eigenvalue weighted by Gasteiger charge is -2.35. The van der Waals surface area contributed by atoms with Crippen molar-refractivity contribution < 1.29 is 23.8 Å². The highest BCUT2D eigenvalue weighted by Gasteiger charge is 2.25. The molecule has 0 spiro atoms. The van der Waals surface area contributed by atoms with Crippen molar-refractivity contribution in [3.05, 3.63) is 47.2 Å². The molecular weight excluding hydrogens is 747 g/mol. The third-order valence-corrected chi connectivity index (χ3v) is 12.3. The Labute approximate surface area is 314 Å². The molecule has 1 aliphatic rings. The lowest BCUT2D eigenvalue weighted by Crippen LogP contribution is -2.40. The number of piperidine rings is 1. The van der Waals surface area contributed by atoms with Gasteiger partial charge in [-0.05, 0) is 85.2 Å². The highest BCUT2D eigenvalue weighted by molar-refractivity contribution is 9.10. The fourth-order valence-corrected chi connectivity index (χ4v) is 7.44. The van der Waals surface area contributed by atoms with E-state index < -0.39 is 27.8 Å². The first-order valence-electron chi connectivity index (χ1n) is 17.9. The molecule has 2 amide bonds. The van der Waals surface area contributed by atoms with Crippen molar-refractivity contribution in [3.63, 3.8) is 0 Å². The predicted molar refractivity (Wildman–Crippen MR) is 213 cm³/mol. The van der Waals surface area contributed by atoms with E-state index in [0.717, 1.165) is 61.4 Å². The summed E-state index contributed by atoms with van der Waals surface area (Å²) in [5.41, 5.74) is 2.94. The molecule has 2 N–H and O–H groups in total. The molecule has 282 valence electrons. The molecule has 0 saturated carbocycles. The second-order valence-corrected chi connectivity index (χ2v) is 28.9. The molecule has 3 aromatic rings. The van der Waals surface area contributed by atoms with Crippen molar-refractivity contribution in [1.29, 1.82) is 0 Å². The van der Waals surface area contributed by atoms with Gasteiger partial charge in [0.25, 0.3) is 5.91 Å². The van der Waals surface area contributed by atoms with Gasteiger partial charge in [0.2, 0.25) is 5.82 Å². The molecule has 0 radical (unpaired) electrons. The summed E-state index contributed by atoms with van der Waals surface area (Å²) >= 11 is 3.45. The number of benzene rings is 1. The monoisotopic (exact) mass is 803 g/mol. The van der Waals surface area contributed by atoms with Crippen molar-refractivity contribution in [2.45, 2.75) is 104 Å². The summed E-state index contributed by atoms with van der Waals surface area (Å²) in [6.07, 6.45) is 6.96. The number of hydrogen-bond donors (Lipinski definition) is 2. The summed E-state index contributed by atoms with van der Waals surface area (Å²) in [5.74, 6) is 0.271. The molecule has 51 heavy (non-hydrogen) atoms. The van der Waals surface area contributed by atoms with Crippen LogP contribution in [-0.4, -0.2) is 85.9 Å². The van der Waals surface area contributed by atoms with Crippen molar-refractivity contribution >= 4 is 55.5 Å². The van der Waals surface area contributed by atoms with E-state index in [4.69, 9.17) is 14.2 Å². The first-order valence-corrected chi connectivity index (χ1v) is 26.1. The van der Waals surface area contributed by atoms with Crippen molar-refractivity contribution in [2.24, 2.45) is 5.92 Å². The number of anilines is 2. The van der Waals surface area contributed by atoms with E-state index in [-0.39, 0.29) is 18.5 Å². The van der Waals surface area contributed by atoms with Gasteiger partial charge in [-0.1, -0.05) is 45.3 Å². The average molecular weight is 805 g/mol. The molecule has 2 aromatic heterocycles. The summed E-state index contributed by atoms with van der Waals surface area (Å²) in [6.45, 7) is 23.6. The summed E-state index contributed by atoms with van der Waals surface area (Å²) < 4.78 is 21.4. The van der Waals surface area contributed by atoms with Crippen LogP contribution in [0.4, 0.5) is 16.2 Å². The molecular formula is C36H58BrN7O5Si2. The molecule has 1 aromatic carbocycles. The Morgan fingerprint density at radius 3 is 2.22 bits per heavy atom. The molecule has 0 unspecified atom stereocenters. The van der Waals surface area contributed by atoms with Gasteiger partial charge < -0.3 is 34.3 Å². The molecule has 4 rings (SSSR count). The van der Waals surface area contributed by atoms with Gasteiger partial charge in [0.1, 0.15) is 23.7 Å². The third-order valence-electron chi connectivity index (χ3n) is 8.50. The molecule has 3 heterocycles. The van der Waals surface area contributed by atoms with Gasteiger partial charge in [0, 0.05) is 67.0 Å². The molecule has 12 nitrogen and oxygen atoms in total. The minimum absolute atomic E-state index is 0.239. The van der Waals surface area contributed by atoms with Crippen LogP contribution >= 0.6 is 15.9 Å². The van der Waals surface area contributed by atoms with E-state index in [2.05, 4.69) is 93.0 Å². The second-order valence-electron chi connectivity index (χ2n) is 16.8. The fraction of sp³-hybridized carbons (Fsp3) is 0.611. The largest absolute Gasteiger partial charge is 0.444 e. The van der Waals surface area contributed by atoms with Gasteiger partial charge in [0.05, 0.1) is 17.6 Å². The summed E-state index contributed by atoms with van der Waals surface area (Å²) in [4.78, 5) is 32.9. The number of nitrogens with one attached hydrogen (secondary N) is 2. The fourth-order valence-electron chi connectivity index (χ4n) is 5.51. The zero-order chi connectivity index (χ0) is 37.4. The van der Waals surface area contributed by atoms with Crippen LogP contribution in [0.25, 0.3) is 11.1 Å². The molecule has 0 bridgehead atoms. The highest BCUT2D eigenvalue weighted by atomic mass is 79.9. The summed E-state index contributed by atoms with van der Waals surface area (Å²) in [5, 5.41) is 10.6.